The van der Waals surface area contributed by atoms with Gasteiger partial charge in [-0.15, -0.1) is 0 Å². The van der Waals surface area contributed by atoms with Gasteiger partial charge in [0.15, 0.2) is 0 Å². The molecule has 3 aliphatic heterocycles. The Morgan fingerprint density at radius 3 is 2.48 bits per heavy atom. The number of anilines is 2. The molecule has 1 saturated carbocycles. The molecule has 0 unspecified atom stereocenters. The molecule has 7 rings (SSSR count). The highest BCUT2D eigenvalue weighted by molar-refractivity contribution is 6.31. The lowest BCUT2D eigenvalue weighted by atomic mass is 9.71. The van der Waals surface area contributed by atoms with E-state index in [1.54, 1.807) is 41.3 Å². The Hall–Kier alpha value is -3.39. The lowest BCUT2D eigenvalue weighted by molar-refractivity contribution is -0.128. The zero-order valence-corrected chi connectivity index (χ0v) is 23.3. The van der Waals surface area contributed by atoms with Crippen molar-refractivity contribution in [1.82, 2.24) is 4.90 Å². The van der Waals surface area contributed by atoms with Crippen molar-refractivity contribution in [3.63, 3.8) is 0 Å². The minimum absolute atomic E-state index is 0.0475. The van der Waals surface area contributed by atoms with Crippen molar-refractivity contribution in [2.45, 2.75) is 30.3 Å². The molecule has 1 N–H and O–H groups in total. The summed E-state index contributed by atoms with van der Waals surface area (Å²) in [6, 6.07) is 19.8. The van der Waals surface area contributed by atoms with Crippen molar-refractivity contribution in [2.75, 3.05) is 30.4 Å². The van der Waals surface area contributed by atoms with Crippen LogP contribution < -0.4 is 10.2 Å². The number of fused-ring (bicyclic) bond motifs is 3. The second-order valence-electron chi connectivity index (χ2n) is 11.1. The van der Waals surface area contributed by atoms with Crippen LogP contribution in [0, 0.1) is 11.8 Å². The van der Waals surface area contributed by atoms with Gasteiger partial charge in [-0.3, -0.25) is 14.5 Å². The van der Waals surface area contributed by atoms with E-state index in [1.807, 2.05) is 30.3 Å². The third kappa shape index (κ3) is 3.71. The number of likely N-dealkylation sites (tertiary alicyclic amines) is 1. The van der Waals surface area contributed by atoms with Gasteiger partial charge in [-0.1, -0.05) is 41.4 Å². The van der Waals surface area contributed by atoms with Gasteiger partial charge >= 0.3 is 5.97 Å². The zero-order valence-electron chi connectivity index (χ0n) is 21.8. The molecule has 40 heavy (non-hydrogen) atoms. The van der Waals surface area contributed by atoms with Gasteiger partial charge in [0.05, 0.1) is 18.6 Å². The summed E-state index contributed by atoms with van der Waals surface area (Å²) in [7, 11) is 1.34. The number of benzene rings is 3. The third-order valence-electron chi connectivity index (χ3n) is 8.94. The largest absolute Gasteiger partial charge is 0.465 e. The second kappa shape index (κ2) is 9.33. The summed E-state index contributed by atoms with van der Waals surface area (Å²) in [6.45, 7) is 1.15. The fourth-order valence-corrected chi connectivity index (χ4v) is 7.48. The number of amides is 2. The molecular weight excluding hydrogens is 549 g/mol. The van der Waals surface area contributed by atoms with E-state index in [4.69, 9.17) is 27.9 Å². The predicted octanol–water partition coefficient (Wildman–Crippen LogP) is 5.47. The number of hydrogen-bond donors (Lipinski definition) is 1. The monoisotopic (exact) mass is 575 g/mol. The fraction of sp³-hybridized carbons (Fsp3) is 0.323. The van der Waals surface area contributed by atoms with Crippen LogP contribution in [0.1, 0.15) is 40.2 Å². The topological polar surface area (TPSA) is 78.9 Å². The molecule has 2 amide bonds. The molecule has 2 saturated heterocycles. The Morgan fingerprint density at radius 2 is 1.77 bits per heavy atom. The molecular formula is C31H27Cl2N3O4. The Kier molecular flexibility index (Phi) is 5.97. The first-order chi connectivity index (χ1) is 19.3. The number of esters is 1. The normalized spacial score (nSPS) is 27.2. The molecule has 0 bridgehead atoms. The fourth-order valence-electron chi connectivity index (χ4n) is 7.11. The molecule has 3 fully saturated rings. The van der Waals surface area contributed by atoms with Crippen LogP contribution in [-0.2, 0) is 19.9 Å². The van der Waals surface area contributed by atoms with Gasteiger partial charge < -0.3 is 15.0 Å². The summed E-state index contributed by atoms with van der Waals surface area (Å²) in [4.78, 5) is 44.8. The Bertz CT molecular complexity index is 1560. The number of nitrogens with zero attached hydrogens (tertiary/aromatic N) is 2. The summed E-state index contributed by atoms with van der Waals surface area (Å²) in [5.74, 6) is -1.08. The Morgan fingerprint density at radius 1 is 1.02 bits per heavy atom. The number of ether oxygens (including phenoxy) is 1. The lowest BCUT2D eigenvalue weighted by Crippen LogP contribution is -2.54. The van der Waals surface area contributed by atoms with Crippen molar-refractivity contribution < 1.29 is 19.1 Å². The van der Waals surface area contributed by atoms with E-state index in [0.29, 0.717) is 39.4 Å². The standard InChI is InChI=1S/C31H27Cl2N3O4/c1-40-29(38)18-7-10-22(11-8-18)35-16-25-26(28(35)37)27(19-3-2-4-20(32)13-19)31(36(25)15-17-5-6-17)23-12-9-21(33)14-24(23)34-30(31)39/h2-4,7-14,17,25-27H,5-6,15-16H2,1H3,(H,34,39)/t25-,26+,27-,31+/m1/s1. The summed E-state index contributed by atoms with van der Waals surface area (Å²) < 4.78 is 4.83. The number of hydrogen-bond acceptors (Lipinski definition) is 5. The molecule has 0 radical (unpaired) electrons. The van der Waals surface area contributed by atoms with Crippen LogP contribution >= 0.6 is 23.2 Å². The van der Waals surface area contributed by atoms with Gasteiger partial charge in [0, 0.05) is 52.0 Å². The number of carbonyl (C=O) groups is 3. The molecule has 4 atom stereocenters. The lowest BCUT2D eigenvalue weighted by Gasteiger charge is -2.41. The van der Waals surface area contributed by atoms with Gasteiger partial charge in [0.25, 0.3) is 0 Å². The predicted molar refractivity (Wildman–Crippen MR) is 153 cm³/mol. The smallest absolute Gasteiger partial charge is 0.337 e. The molecule has 1 aliphatic carbocycles. The van der Waals surface area contributed by atoms with Crippen LogP contribution in [-0.4, -0.2) is 48.9 Å². The molecule has 3 aromatic rings. The van der Waals surface area contributed by atoms with E-state index in [9.17, 15) is 14.4 Å². The first-order valence-corrected chi connectivity index (χ1v) is 14.2. The van der Waals surface area contributed by atoms with Gasteiger partial charge in [0.2, 0.25) is 11.8 Å². The number of rotatable bonds is 5. The maximum absolute atomic E-state index is 14.4. The summed E-state index contributed by atoms with van der Waals surface area (Å²) in [6.07, 6.45) is 2.21. The van der Waals surface area contributed by atoms with Crippen LogP contribution in [0.15, 0.2) is 66.7 Å². The molecule has 9 heteroatoms. The van der Waals surface area contributed by atoms with E-state index in [1.165, 1.54) is 7.11 Å². The molecule has 204 valence electrons. The van der Waals surface area contributed by atoms with E-state index >= 15 is 0 Å². The van der Waals surface area contributed by atoms with E-state index < -0.39 is 23.3 Å². The van der Waals surface area contributed by atoms with E-state index in [0.717, 1.165) is 30.5 Å². The minimum Gasteiger partial charge on any atom is -0.465 e. The van der Waals surface area contributed by atoms with Crippen molar-refractivity contribution >= 4 is 52.4 Å². The summed E-state index contributed by atoms with van der Waals surface area (Å²) in [5.41, 5.74) is 2.45. The van der Waals surface area contributed by atoms with Crippen LogP contribution in [0.2, 0.25) is 10.0 Å². The summed E-state index contributed by atoms with van der Waals surface area (Å²) >= 11 is 12.8. The van der Waals surface area contributed by atoms with Gasteiger partial charge in [-0.25, -0.2) is 4.79 Å². The van der Waals surface area contributed by atoms with Crippen LogP contribution in [0.3, 0.4) is 0 Å². The average molecular weight is 576 g/mol. The van der Waals surface area contributed by atoms with Gasteiger partial charge in [0.1, 0.15) is 5.54 Å². The highest BCUT2D eigenvalue weighted by atomic mass is 35.5. The highest BCUT2D eigenvalue weighted by Crippen LogP contribution is 2.62. The van der Waals surface area contributed by atoms with Crippen LogP contribution in [0.5, 0.6) is 0 Å². The SMILES string of the molecule is COC(=O)c1ccc(N2C[C@@H]3[C@H](C2=O)[C@@H](c2cccc(Cl)c2)[C@@]2(C(=O)Nc4cc(Cl)ccc42)N3CC2CC2)cc1. The summed E-state index contributed by atoms with van der Waals surface area (Å²) in [5, 5.41) is 4.21. The maximum atomic E-state index is 14.4. The third-order valence-corrected chi connectivity index (χ3v) is 9.41. The molecule has 1 spiro atoms. The van der Waals surface area contributed by atoms with Crippen molar-refractivity contribution in [2.24, 2.45) is 11.8 Å². The number of carbonyl (C=O) groups excluding carboxylic acids is 3. The van der Waals surface area contributed by atoms with E-state index in [2.05, 4.69) is 10.2 Å². The second-order valence-corrected chi connectivity index (χ2v) is 12.0. The Balaban J connectivity index is 1.39. The van der Waals surface area contributed by atoms with Gasteiger partial charge in [-0.2, -0.15) is 0 Å². The quantitative estimate of drug-likeness (QED) is 0.408. The van der Waals surface area contributed by atoms with Crippen LogP contribution in [0.4, 0.5) is 11.4 Å². The molecule has 3 heterocycles. The molecule has 0 aromatic heterocycles. The minimum atomic E-state index is -1.07. The molecule has 3 aromatic carbocycles. The average Bonchev–Trinajstić information content (AvgIpc) is 3.57. The van der Waals surface area contributed by atoms with Crippen LogP contribution in [0.25, 0.3) is 0 Å². The van der Waals surface area contributed by atoms with E-state index in [-0.39, 0.29) is 17.9 Å². The number of halogens is 2. The maximum Gasteiger partial charge on any atom is 0.337 e. The van der Waals surface area contributed by atoms with Crippen molar-refractivity contribution in [3.05, 3.63) is 93.5 Å². The van der Waals surface area contributed by atoms with Gasteiger partial charge in [-0.05, 0) is 72.9 Å². The van der Waals surface area contributed by atoms with Crippen molar-refractivity contribution in [1.29, 1.82) is 0 Å². The highest BCUT2D eigenvalue weighted by Gasteiger charge is 2.70. The molecule has 7 nitrogen and oxygen atoms in total. The first-order valence-electron chi connectivity index (χ1n) is 13.5. The first kappa shape index (κ1) is 25.6. The number of nitrogens with one attached hydrogen (secondary N) is 1. The molecule has 4 aliphatic rings. The number of methoxy groups -OCH3 is 1. The van der Waals surface area contributed by atoms with Crippen molar-refractivity contribution in [3.8, 4) is 0 Å². The Labute approximate surface area is 242 Å². The zero-order chi connectivity index (χ0) is 27.8.